The van der Waals surface area contributed by atoms with E-state index in [0.717, 1.165) is 27.2 Å². The molecule has 54 heavy (non-hydrogen) atoms. The Morgan fingerprint density at radius 1 is 0.907 bits per heavy atom. The van der Waals surface area contributed by atoms with E-state index < -0.39 is 42.3 Å². The number of alkyl carbamates (subject to hydrolysis) is 1. The number of methoxy groups -OCH3 is 1. The number of rotatable bonds is 18. The quantitative estimate of drug-likeness (QED) is 0.124. The average molecular weight is 748 g/mol. The topological polar surface area (TPSA) is 206 Å². The predicted molar refractivity (Wildman–Crippen MR) is 195 cm³/mol. The summed E-state index contributed by atoms with van der Waals surface area (Å²) in [5.41, 5.74) is 3.90. The van der Waals surface area contributed by atoms with Crippen LogP contribution in [0.5, 0.6) is 0 Å². The van der Waals surface area contributed by atoms with E-state index in [1.165, 1.54) is 17.2 Å². The van der Waals surface area contributed by atoms with Gasteiger partial charge < -0.3 is 43.6 Å². The first-order chi connectivity index (χ1) is 25.9. The first kappa shape index (κ1) is 39.6. The Kier molecular flexibility index (Phi) is 13.5. The van der Waals surface area contributed by atoms with Gasteiger partial charge in [-0.25, -0.2) is 24.5 Å². The second-order valence-corrected chi connectivity index (χ2v) is 13.4. The van der Waals surface area contributed by atoms with Crippen LogP contribution in [0.4, 0.5) is 15.4 Å². The lowest BCUT2D eigenvalue weighted by atomic mass is 9.98. The number of benzene rings is 2. The van der Waals surface area contributed by atoms with E-state index in [2.05, 4.69) is 25.6 Å². The summed E-state index contributed by atoms with van der Waals surface area (Å²) in [7, 11) is 1.56. The molecule has 0 aliphatic heterocycles. The highest BCUT2D eigenvalue weighted by atomic mass is 16.6. The van der Waals surface area contributed by atoms with Gasteiger partial charge in [-0.05, 0) is 43.0 Å². The number of carboxylic acids is 1. The van der Waals surface area contributed by atoms with Crippen LogP contribution in [0, 0.1) is 0 Å². The average Bonchev–Trinajstić information content (AvgIpc) is 3.68. The van der Waals surface area contributed by atoms with Crippen molar-refractivity contribution < 1.29 is 48.0 Å². The fraction of sp³-hybridized carbons (Fsp3) is 0.432. The second-order valence-electron chi connectivity index (χ2n) is 13.4. The number of carbonyl (C=O) groups excluding carboxylic acids is 3. The maximum atomic E-state index is 13.7. The first-order valence-corrected chi connectivity index (χ1v) is 17.3. The van der Waals surface area contributed by atoms with Crippen molar-refractivity contribution in [3.63, 3.8) is 0 Å². The molecule has 288 valence electrons. The molecule has 0 fully saturated rings. The normalized spacial score (nSPS) is 12.8. The molecule has 0 saturated heterocycles. The number of anilines is 1. The van der Waals surface area contributed by atoms with Gasteiger partial charge in [0.05, 0.1) is 45.4 Å². The molecule has 2 heterocycles. The minimum absolute atomic E-state index is 0.0544. The monoisotopic (exact) mass is 747 g/mol. The number of amides is 3. The van der Waals surface area contributed by atoms with Gasteiger partial charge in [0.15, 0.2) is 17.0 Å². The molecule has 0 bridgehead atoms. The van der Waals surface area contributed by atoms with E-state index in [-0.39, 0.29) is 62.4 Å². The Balaban J connectivity index is 1.27. The molecule has 3 N–H and O–H groups in total. The van der Waals surface area contributed by atoms with Crippen LogP contribution in [0.1, 0.15) is 37.8 Å². The van der Waals surface area contributed by atoms with Crippen LogP contribution >= 0.6 is 0 Å². The summed E-state index contributed by atoms with van der Waals surface area (Å²) in [5, 5.41) is 15.1. The summed E-state index contributed by atoms with van der Waals surface area (Å²) in [6, 6.07) is 15.0. The minimum Gasteiger partial charge on any atom is -0.480 e. The molecule has 2 aromatic heterocycles. The molecular weight excluding hydrogens is 702 g/mol. The smallest absolute Gasteiger partial charge is 0.413 e. The number of nitrogens with one attached hydrogen (secondary N) is 2. The lowest BCUT2D eigenvalue weighted by molar-refractivity contribution is -0.145. The van der Waals surface area contributed by atoms with Gasteiger partial charge in [-0.1, -0.05) is 48.5 Å². The number of carbonyl (C=O) groups is 4. The van der Waals surface area contributed by atoms with Crippen LogP contribution in [0.2, 0.25) is 0 Å². The van der Waals surface area contributed by atoms with Crippen LogP contribution in [-0.2, 0) is 39.8 Å². The van der Waals surface area contributed by atoms with Gasteiger partial charge in [0, 0.05) is 19.6 Å². The van der Waals surface area contributed by atoms with Crippen LogP contribution in [0.3, 0.4) is 0 Å². The Morgan fingerprint density at radius 3 is 2.24 bits per heavy atom. The van der Waals surface area contributed by atoms with Crippen molar-refractivity contribution in [3.05, 3.63) is 72.3 Å². The Labute approximate surface area is 311 Å². The number of hydrogen-bond acceptors (Lipinski definition) is 12. The molecule has 1 aliphatic rings. The summed E-state index contributed by atoms with van der Waals surface area (Å²) in [4.78, 5) is 65.0. The van der Waals surface area contributed by atoms with E-state index in [9.17, 15) is 24.3 Å². The maximum Gasteiger partial charge on any atom is 0.413 e. The number of aliphatic carboxylic acids is 1. The third-order valence-corrected chi connectivity index (χ3v) is 8.23. The van der Waals surface area contributed by atoms with Crippen molar-refractivity contribution in [1.29, 1.82) is 0 Å². The summed E-state index contributed by atoms with van der Waals surface area (Å²) in [6.45, 7) is 5.06. The predicted octanol–water partition coefficient (Wildman–Crippen LogP) is 3.67. The molecule has 1 atom stereocenters. The third-order valence-electron chi connectivity index (χ3n) is 8.23. The number of carboxylic acid groups (broad SMARTS) is 1. The van der Waals surface area contributed by atoms with Gasteiger partial charge in [-0.2, -0.15) is 0 Å². The van der Waals surface area contributed by atoms with E-state index in [4.69, 9.17) is 23.7 Å². The van der Waals surface area contributed by atoms with Crippen molar-refractivity contribution >= 4 is 41.0 Å². The fourth-order valence-corrected chi connectivity index (χ4v) is 5.95. The van der Waals surface area contributed by atoms with Crippen LogP contribution in [0.25, 0.3) is 22.3 Å². The van der Waals surface area contributed by atoms with Crippen LogP contribution < -0.4 is 10.6 Å². The molecule has 17 heteroatoms. The van der Waals surface area contributed by atoms with Crippen molar-refractivity contribution in [3.8, 4) is 11.1 Å². The Hall–Kier alpha value is -5.65. The van der Waals surface area contributed by atoms with Crippen molar-refractivity contribution in [2.24, 2.45) is 0 Å². The number of aromatic nitrogens is 4. The summed E-state index contributed by atoms with van der Waals surface area (Å²) < 4.78 is 28.6. The molecule has 3 amide bonds. The zero-order valence-electron chi connectivity index (χ0n) is 30.6. The fourth-order valence-electron chi connectivity index (χ4n) is 5.95. The molecule has 0 radical (unpaired) electrons. The molecule has 17 nitrogen and oxygen atoms in total. The molecular formula is C37H45N7O10. The molecule has 0 saturated carbocycles. The van der Waals surface area contributed by atoms with Crippen molar-refractivity contribution in [2.45, 2.75) is 44.9 Å². The van der Waals surface area contributed by atoms with E-state index in [1.54, 1.807) is 27.9 Å². The Bertz CT molecular complexity index is 1880. The zero-order valence-corrected chi connectivity index (χ0v) is 30.6. The van der Waals surface area contributed by atoms with Gasteiger partial charge >= 0.3 is 18.2 Å². The Morgan fingerprint density at radius 2 is 1.57 bits per heavy atom. The molecule has 4 aromatic rings. The highest BCUT2D eigenvalue weighted by Crippen LogP contribution is 2.44. The molecule has 2 aromatic carbocycles. The van der Waals surface area contributed by atoms with Crippen molar-refractivity contribution in [2.75, 3.05) is 65.2 Å². The highest BCUT2D eigenvalue weighted by molar-refractivity contribution is 5.94. The van der Waals surface area contributed by atoms with E-state index in [1.807, 2.05) is 48.5 Å². The lowest BCUT2D eigenvalue weighted by Crippen LogP contribution is -2.50. The van der Waals surface area contributed by atoms with Gasteiger partial charge in [0.25, 0.3) is 0 Å². The van der Waals surface area contributed by atoms with Gasteiger partial charge in [-0.15, -0.1) is 0 Å². The van der Waals surface area contributed by atoms with Gasteiger partial charge in [-0.3, -0.25) is 14.9 Å². The zero-order chi connectivity index (χ0) is 38.7. The van der Waals surface area contributed by atoms with E-state index >= 15 is 0 Å². The summed E-state index contributed by atoms with van der Waals surface area (Å²) in [6.07, 6.45) is 1.01. The number of hydrogen-bond donors (Lipinski definition) is 3. The molecule has 0 spiro atoms. The number of fused-ring (bicyclic) bond motifs is 4. The maximum absolute atomic E-state index is 13.7. The number of nitrogens with zero attached hydrogens (tertiary/aromatic N) is 5. The molecule has 5 rings (SSSR count). The minimum atomic E-state index is -1.27. The highest BCUT2D eigenvalue weighted by Gasteiger charge is 2.30. The van der Waals surface area contributed by atoms with Crippen molar-refractivity contribution in [1.82, 2.24) is 29.7 Å². The molecule has 0 unspecified atom stereocenters. The van der Waals surface area contributed by atoms with Crippen LogP contribution in [-0.4, -0.2) is 125 Å². The SMILES string of the molecule is COCCOCCOC[C@@H](CN(CC(=O)O)C(=O)Cn1cnc2c(NC(=O)OC(C)(C)C)ncnc21)NC(=O)OCC1c2ccccc2-c2ccccc21. The second kappa shape index (κ2) is 18.4. The number of ether oxygens (including phenoxy) is 5. The van der Waals surface area contributed by atoms with Gasteiger partial charge in [0.1, 0.15) is 31.6 Å². The third kappa shape index (κ3) is 10.7. The summed E-state index contributed by atoms with van der Waals surface area (Å²) in [5.74, 6) is -1.99. The largest absolute Gasteiger partial charge is 0.480 e. The van der Waals surface area contributed by atoms with Gasteiger partial charge in [0.2, 0.25) is 5.91 Å². The molecule has 1 aliphatic carbocycles. The summed E-state index contributed by atoms with van der Waals surface area (Å²) >= 11 is 0. The number of imidazole rings is 1. The lowest BCUT2D eigenvalue weighted by Gasteiger charge is -2.27. The first-order valence-electron chi connectivity index (χ1n) is 17.3. The standard InChI is InChI=1S/C37H45N7O10/c1-37(2,3)54-36(49)42-33-32-34(39-22-38-33)44(23-40-32)18-30(45)43(19-31(46)47)17-24(20-52-16-15-51-14-13-50-4)41-35(48)53-21-29-27-11-7-5-9-25(27)26-10-6-8-12-28(26)29/h5-12,22-24,29H,13-21H2,1-4H3,(H,41,48)(H,46,47)(H,38,39,42,49)/t24-/m1/s1. The van der Waals surface area contributed by atoms with Crippen LogP contribution in [0.15, 0.2) is 61.2 Å². The van der Waals surface area contributed by atoms with E-state index in [0.29, 0.717) is 13.2 Å².